The summed E-state index contributed by atoms with van der Waals surface area (Å²) in [5.74, 6) is 0.220. The van der Waals surface area contributed by atoms with Crippen molar-refractivity contribution < 1.29 is 9.90 Å². The number of nitrogens with one attached hydrogen (secondary N) is 1. The predicted molar refractivity (Wildman–Crippen MR) is 130 cm³/mol. The molecule has 0 bridgehead atoms. The molecule has 1 fully saturated rings. The highest BCUT2D eigenvalue weighted by Gasteiger charge is 2.23. The zero-order valence-electron chi connectivity index (χ0n) is 17.6. The van der Waals surface area contributed by atoms with Crippen molar-refractivity contribution in [3.63, 3.8) is 0 Å². The van der Waals surface area contributed by atoms with Crippen molar-refractivity contribution in [2.75, 3.05) is 5.32 Å². The fourth-order valence-corrected chi connectivity index (χ4v) is 5.04. The van der Waals surface area contributed by atoms with Crippen LogP contribution in [0.3, 0.4) is 0 Å². The van der Waals surface area contributed by atoms with E-state index in [1.807, 2.05) is 41.8 Å². The van der Waals surface area contributed by atoms with Gasteiger partial charge < -0.3 is 16.2 Å². The van der Waals surface area contributed by atoms with Crippen molar-refractivity contribution in [2.45, 2.75) is 37.8 Å². The number of fused-ring (bicyclic) bond motifs is 1. The number of rotatable bonds is 5. The Balaban J connectivity index is 1.62. The fraction of sp³-hybridized carbons (Fsp3) is 0.231. The molecule has 4 N–H and O–H groups in total. The Morgan fingerprint density at radius 2 is 1.78 bits per heavy atom. The first-order valence-corrected chi connectivity index (χ1v) is 11.8. The fourth-order valence-electron chi connectivity index (χ4n) is 4.36. The van der Waals surface area contributed by atoms with Gasteiger partial charge in [-0.15, -0.1) is 11.3 Å². The van der Waals surface area contributed by atoms with E-state index in [0.29, 0.717) is 10.4 Å². The van der Waals surface area contributed by atoms with Gasteiger partial charge in [-0.3, -0.25) is 9.78 Å². The van der Waals surface area contributed by atoms with Crippen LogP contribution in [0.1, 0.15) is 40.9 Å². The van der Waals surface area contributed by atoms with E-state index in [-0.39, 0.29) is 23.6 Å². The summed E-state index contributed by atoms with van der Waals surface area (Å²) in [5.41, 5.74) is 10.4. The average Bonchev–Trinajstić information content (AvgIpc) is 3.36. The molecule has 2 heterocycles. The molecule has 1 aliphatic rings. The highest BCUT2D eigenvalue weighted by Crippen LogP contribution is 2.34. The minimum Gasteiger partial charge on any atom is -0.508 e. The molecule has 32 heavy (non-hydrogen) atoms. The van der Waals surface area contributed by atoms with Crippen molar-refractivity contribution in [1.82, 2.24) is 4.98 Å². The number of anilines is 1. The number of pyridine rings is 1. The molecule has 0 saturated heterocycles. The highest BCUT2D eigenvalue weighted by molar-refractivity contribution is 7.12. The third-order valence-electron chi connectivity index (χ3n) is 6.18. The van der Waals surface area contributed by atoms with Gasteiger partial charge in [0.05, 0.1) is 21.6 Å². The molecule has 4 aromatic rings. The summed E-state index contributed by atoms with van der Waals surface area (Å²) in [6.45, 7) is 0. The first kappa shape index (κ1) is 20.7. The number of aromatic nitrogens is 1. The number of carbonyl (C=O) groups excluding carboxylic acids is 1. The normalized spacial score (nSPS) is 18.5. The number of phenols is 1. The van der Waals surface area contributed by atoms with Gasteiger partial charge in [-0.05, 0) is 72.5 Å². The number of carbonyl (C=O) groups is 1. The smallest absolute Gasteiger partial charge is 0.206 e. The Hall–Kier alpha value is -3.22. The maximum Gasteiger partial charge on any atom is 0.206 e. The Labute approximate surface area is 190 Å². The van der Waals surface area contributed by atoms with Gasteiger partial charge in [-0.1, -0.05) is 24.3 Å². The van der Waals surface area contributed by atoms with Crippen LogP contribution in [-0.4, -0.2) is 28.0 Å². The number of thiophene rings is 1. The van der Waals surface area contributed by atoms with Crippen molar-refractivity contribution in [2.24, 2.45) is 5.73 Å². The number of nitrogens with two attached hydrogens (primary N) is 1. The molecule has 2 aromatic heterocycles. The second kappa shape index (κ2) is 8.73. The van der Waals surface area contributed by atoms with Crippen LogP contribution >= 0.6 is 11.3 Å². The predicted octanol–water partition coefficient (Wildman–Crippen LogP) is 5.58. The van der Waals surface area contributed by atoms with Gasteiger partial charge in [0, 0.05) is 23.7 Å². The highest BCUT2D eigenvalue weighted by atomic mass is 32.1. The van der Waals surface area contributed by atoms with Crippen LogP contribution in [0.15, 0.2) is 66.2 Å². The summed E-state index contributed by atoms with van der Waals surface area (Å²) in [4.78, 5) is 18.7. The topological polar surface area (TPSA) is 88.2 Å². The largest absolute Gasteiger partial charge is 0.508 e. The van der Waals surface area contributed by atoms with Gasteiger partial charge in [0.25, 0.3) is 0 Å². The summed E-state index contributed by atoms with van der Waals surface area (Å²) in [5, 5.41) is 16.2. The summed E-state index contributed by atoms with van der Waals surface area (Å²) in [6, 6.07) is 17.5. The zero-order valence-corrected chi connectivity index (χ0v) is 18.4. The molecule has 2 aromatic carbocycles. The van der Waals surface area contributed by atoms with E-state index in [2.05, 4.69) is 16.4 Å². The summed E-state index contributed by atoms with van der Waals surface area (Å²) >= 11 is 1.44. The second-order valence-electron chi connectivity index (χ2n) is 8.39. The Morgan fingerprint density at radius 3 is 2.50 bits per heavy atom. The maximum absolute atomic E-state index is 13.3. The lowest BCUT2D eigenvalue weighted by Crippen LogP contribution is -2.33. The van der Waals surface area contributed by atoms with E-state index < -0.39 is 0 Å². The molecule has 1 saturated carbocycles. The molecular formula is C26H25N3O2S. The summed E-state index contributed by atoms with van der Waals surface area (Å²) < 4.78 is 0. The number of aromatic hydroxyl groups is 1. The van der Waals surface area contributed by atoms with Gasteiger partial charge in [0.2, 0.25) is 5.78 Å². The SMILES string of the molecule is NC1CCC(Nc2c(C(=O)c3cccs3)cnc3ccc(-c4ccc(O)cc4)cc23)CC1. The van der Waals surface area contributed by atoms with Gasteiger partial charge in [0.1, 0.15) is 5.75 Å². The Bertz CT molecular complexity index is 1240. The van der Waals surface area contributed by atoms with Crippen molar-refractivity contribution >= 4 is 33.7 Å². The molecule has 0 unspecified atom stereocenters. The third kappa shape index (κ3) is 4.11. The van der Waals surface area contributed by atoms with E-state index >= 15 is 0 Å². The molecular weight excluding hydrogens is 418 g/mol. The third-order valence-corrected chi connectivity index (χ3v) is 7.05. The Kier molecular flexibility index (Phi) is 5.64. The molecule has 0 atom stereocenters. The van der Waals surface area contributed by atoms with Gasteiger partial charge >= 0.3 is 0 Å². The van der Waals surface area contributed by atoms with E-state index in [1.54, 1.807) is 18.3 Å². The number of hydrogen-bond acceptors (Lipinski definition) is 6. The average molecular weight is 444 g/mol. The van der Waals surface area contributed by atoms with Crippen LogP contribution in [0, 0.1) is 0 Å². The van der Waals surface area contributed by atoms with Crippen molar-refractivity contribution in [1.29, 1.82) is 0 Å². The minimum atomic E-state index is -0.0144. The molecule has 5 nitrogen and oxygen atoms in total. The second-order valence-corrected chi connectivity index (χ2v) is 9.34. The summed E-state index contributed by atoms with van der Waals surface area (Å²) in [7, 11) is 0. The number of hydrogen-bond donors (Lipinski definition) is 3. The first-order valence-electron chi connectivity index (χ1n) is 10.9. The van der Waals surface area contributed by atoms with Crippen LogP contribution in [0.4, 0.5) is 5.69 Å². The molecule has 6 heteroatoms. The Morgan fingerprint density at radius 1 is 1.03 bits per heavy atom. The molecule has 0 amide bonds. The molecule has 0 spiro atoms. The van der Waals surface area contributed by atoms with E-state index in [0.717, 1.165) is 53.4 Å². The number of ketones is 1. The first-order chi connectivity index (χ1) is 15.6. The number of benzene rings is 2. The zero-order chi connectivity index (χ0) is 22.1. The van der Waals surface area contributed by atoms with Crippen LogP contribution in [0.5, 0.6) is 5.75 Å². The van der Waals surface area contributed by atoms with Crippen LogP contribution in [0.2, 0.25) is 0 Å². The number of nitrogens with zero attached hydrogens (tertiary/aromatic N) is 1. The molecule has 0 radical (unpaired) electrons. The van der Waals surface area contributed by atoms with Gasteiger partial charge in [-0.2, -0.15) is 0 Å². The molecule has 162 valence electrons. The molecule has 0 aliphatic heterocycles. The maximum atomic E-state index is 13.3. The van der Waals surface area contributed by atoms with Crippen molar-refractivity contribution in [3.8, 4) is 16.9 Å². The quantitative estimate of drug-likeness (QED) is 0.350. The van der Waals surface area contributed by atoms with E-state index in [9.17, 15) is 9.90 Å². The van der Waals surface area contributed by atoms with Gasteiger partial charge in [0.15, 0.2) is 0 Å². The lowest BCUT2D eigenvalue weighted by molar-refractivity contribution is 0.104. The van der Waals surface area contributed by atoms with Gasteiger partial charge in [-0.25, -0.2) is 0 Å². The number of phenolic OH excluding ortho intramolecular Hbond substituents is 1. The molecule has 5 rings (SSSR count). The summed E-state index contributed by atoms with van der Waals surface area (Å²) in [6.07, 6.45) is 5.62. The van der Waals surface area contributed by atoms with Crippen LogP contribution in [0.25, 0.3) is 22.0 Å². The molecule has 1 aliphatic carbocycles. The van der Waals surface area contributed by atoms with Crippen molar-refractivity contribution in [3.05, 3.63) is 76.6 Å². The van der Waals surface area contributed by atoms with Crippen LogP contribution in [-0.2, 0) is 0 Å². The monoisotopic (exact) mass is 443 g/mol. The lowest BCUT2D eigenvalue weighted by atomic mass is 9.91. The van der Waals surface area contributed by atoms with Crippen LogP contribution < -0.4 is 11.1 Å². The minimum absolute atomic E-state index is 0.0144. The standard InChI is InChI=1S/C26H25N3O2S/c27-18-6-8-19(9-7-18)29-25-21-14-17(16-3-10-20(30)11-4-16)5-12-23(21)28-15-22(25)26(31)24-2-1-13-32-24/h1-5,10-15,18-19,30H,6-9,27H2,(H,28,29). The lowest BCUT2D eigenvalue weighted by Gasteiger charge is -2.29. The van der Waals surface area contributed by atoms with E-state index in [4.69, 9.17) is 5.73 Å². The van der Waals surface area contributed by atoms with E-state index in [1.165, 1.54) is 11.3 Å².